The van der Waals surface area contributed by atoms with Gasteiger partial charge in [0.2, 0.25) is 5.60 Å². The lowest BCUT2D eigenvalue weighted by Gasteiger charge is -2.31. The number of oxime groups is 1. The highest BCUT2D eigenvalue weighted by atomic mass is 35.5. The molecule has 2 aliphatic rings. The standard InChI is InChI=1S/C25H19Cl3F2N2O2S/c26-16-7-15(8-17(27)9-16)24(25(28,29)30)10-22(32-34-24)20-5-6-21(19-4-2-1-3-18(19)20)23(33)31-11-14-12-35-13-14/h1-9,14H,10-13H2,(H,31,33). The van der Waals surface area contributed by atoms with Gasteiger partial charge in [0.05, 0.1) is 5.71 Å². The van der Waals surface area contributed by atoms with Crippen LogP contribution in [0.1, 0.15) is 27.9 Å². The minimum Gasteiger partial charge on any atom is -0.376 e. The number of thioether (sulfide) groups is 1. The highest BCUT2D eigenvalue weighted by molar-refractivity contribution is 8.00. The van der Waals surface area contributed by atoms with Gasteiger partial charge in [-0.3, -0.25) is 4.79 Å². The van der Waals surface area contributed by atoms with Gasteiger partial charge in [0.15, 0.2) is 0 Å². The van der Waals surface area contributed by atoms with Gasteiger partial charge in [-0.1, -0.05) is 58.7 Å². The molecule has 5 rings (SSSR count). The Morgan fingerprint density at radius 1 is 1.11 bits per heavy atom. The van der Waals surface area contributed by atoms with E-state index in [1.54, 1.807) is 12.1 Å². The molecule has 1 amide bonds. The van der Waals surface area contributed by atoms with Gasteiger partial charge < -0.3 is 10.2 Å². The van der Waals surface area contributed by atoms with Crippen molar-refractivity contribution in [2.75, 3.05) is 18.1 Å². The number of amides is 1. The fraction of sp³-hybridized carbons (Fsp3) is 0.280. The molecular weight excluding hydrogens is 537 g/mol. The molecule has 1 atom stereocenters. The molecule has 0 aromatic heterocycles. The monoisotopic (exact) mass is 554 g/mol. The highest BCUT2D eigenvalue weighted by Gasteiger charge is 2.60. The van der Waals surface area contributed by atoms with E-state index in [2.05, 4.69) is 10.5 Å². The number of halogens is 5. The third kappa shape index (κ3) is 4.59. The number of fused-ring (bicyclic) bond motifs is 1. The number of benzene rings is 3. The lowest BCUT2D eigenvalue weighted by molar-refractivity contribution is -0.155. The molecule has 3 aromatic rings. The first kappa shape index (κ1) is 24.6. The Bertz CT molecular complexity index is 1320. The third-order valence-corrected chi connectivity index (χ3v) is 8.41. The molecule has 0 spiro atoms. The molecule has 1 saturated heterocycles. The zero-order valence-electron chi connectivity index (χ0n) is 18.2. The number of nitrogens with one attached hydrogen (secondary N) is 1. The first-order valence-corrected chi connectivity index (χ1v) is 13.1. The summed E-state index contributed by atoms with van der Waals surface area (Å²) in [6.45, 7) is 0.623. The topological polar surface area (TPSA) is 50.7 Å². The quantitative estimate of drug-likeness (QED) is 0.330. The average molecular weight is 556 g/mol. The van der Waals surface area contributed by atoms with Crippen LogP contribution in [-0.2, 0) is 10.4 Å². The largest absolute Gasteiger partial charge is 0.376 e. The van der Waals surface area contributed by atoms with Crippen molar-refractivity contribution in [3.63, 3.8) is 0 Å². The van der Waals surface area contributed by atoms with Gasteiger partial charge in [-0.15, -0.1) is 0 Å². The van der Waals surface area contributed by atoms with Crippen LogP contribution in [0.2, 0.25) is 10.0 Å². The van der Waals surface area contributed by atoms with E-state index in [-0.39, 0.29) is 33.6 Å². The number of hydrogen-bond donors (Lipinski definition) is 1. The summed E-state index contributed by atoms with van der Waals surface area (Å²) in [5.41, 5.74) is -0.926. The van der Waals surface area contributed by atoms with Crippen molar-refractivity contribution < 1.29 is 18.4 Å². The van der Waals surface area contributed by atoms with Crippen molar-refractivity contribution in [1.82, 2.24) is 5.32 Å². The number of carbonyl (C=O) groups excluding carboxylic acids is 1. The Labute approximate surface area is 219 Å². The molecule has 1 N–H and O–H groups in total. The van der Waals surface area contributed by atoms with Gasteiger partial charge in [0, 0.05) is 39.7 Å². The molecule has 1 unspecified atom stereocenters. The van der Waals surface area contributed by atoms with Gasteiger partial charge in [-0.25, -0.2) is 0 Å². The summed E-state index contributed by atoms with van der Waals surface area (Å²) in [4.78, 5) is 18.3. The molecule has 0 aliphatic carbocycles. The van der Waals surface area contributed by atoms with E-state index >= 15 is 0 Å². The number of nitrogens with zero attached hydrogens (tertiary/aromatic N) is 1. The highest BCUT2D eigenvalue weighted by Crippen LogP contribution is 2.51. The minimum atomic E-state index is -3.82. The molecular formula is C25H19Cl3F2N2O2S. The van der Waals surface area contributed by atoms with Crippen molar-refractivity contribution in [1.29, 1.82) is 0 Å². The van der Waals surface area contributed by atoms with Crippen LogP contribution in [0.5, 0.6) is 0 Å². The van der Waals surface area contributed by atoms with Gasteiger partial charge >= 0.3 is 5.38 Å². The van der Waals surface area contributed by atoms with Crippen LogP contribution < -0.4 is 5.32 Å². The molecule has 0 saturated carbocycles. The SMILES string of the molecule is O=C(NCC1CSC1)c1ccc(C2=NOC(c3cc(Cl)cc(Cl)c3)(C(F)(F)Cl)C2)c2ccccc12. The smallest absolute Gasteiger partial charge is 0.367 e. The first-order valence-electron chi connectivity index (χ1n) is 10.8. The van der Waals surface area contributed by atoms with Crippen LogP contribution in [0.15, 0.2) is 59.8 Å². The summed E-state index contributed by atoms with van der Waals surface area (Å²) < 4.78 is 29.6. The van der Waals surface area contributed by atoms with E-state index in [1.165, 1.54) is 18.2 Å². The van der Waals surface area contributed by atoms with Gasteiger partial charge in [-0.05, 0) is 64.1 Å². The first-order chi connectivity index (χ1) is 16.7. The molecule has 1 fully saturated rings. The fourth-order valence-corrected chi connectivity index (χ4v) is 5.86. The summed E-state index contributed by atoms with van der Waals surface area (Å²) in [7, 11) is 0. The van der Waals surface area contributed by atoms with Gasteiger partial charge in [-0.2, -0.15) is 20.5 Å². The molecule has 3 aromatic carbocycles. The Morgan fingerprint density at radius 2 is 1.80 bits per heavy atom. The second-order valence-electron chi connectivity index (χ2n) is 8.61. The van der Waals surface area contributed by atoms with Crippen LogP contribution in [0, 0.1) is 5.92 Å². The number of carbonyl (C=O) groups is 1. The van der Waals surface area contributed by atoms with E-state index in [9.17, 15) is 13.6 Å². The summed E-state index contributed by atoms with van der Waals surface area (Å²) >= 11 is 19.6. The van der Waals surface area contributed by atoms with Gasteiger partial charge in [0.1, 0.15) is 0 Å². The molecule has 0 radical (unpaired) electrons. The molecule has 4 nitrogen and oxygen atoms in total. The number of alkyl halides is 3. The third-order valence-electron chi connectivity index (χ3n) is 6.25. The lowest BCUT2D eigenvalue weighted by Crippen LogP contribution is -2.42. The van der Waals surface area contributed by atoms with Crippen LogP contribution in [0.4, 0.5) is 8.78 Å². The fourth-order valence-electron chi connectivity index (χ4n) is 4.32. The molecule has 2 heterocycles. The number of rotatable bonds is 6. The second-order valence-corrected chi connectivity index (χ2v) is 11.0. The Morgan fingerprint density at radius 3 is 2.43 bits per heavy atom. The maximum Gasteiger partial charge on any atom is 0.367 e. The van der Waals surface area contributed by atoms with Crippen LogP contribution in [0.25, 0.3) is 10.8 Å². The van der Waals surface area contributed by atoms with Crippen molar-refractivity contribution in [2.45, 2.75) is 17.4 Å². The zero-order valence-corrected chi connectivity index (χ0v) is 21.2. The minimum absolute atomic E-state index is 0.0169. The van der Waals surface area contributed by atoms with Gasteiger partial charge in [0.25, 0.3) is 5.91 Å². The molecule has 10 heteroatoms. The Kier molecular flexibility index (Phi) is 6.64. The lowest BCUT2D eigenvalue weighted by atomic mass is 9.85. The van der Waals surface area contributed by atoms with E-state index in [1.807, 2.05) is 36.0 Å². The molecule has 0 bridgehead atoms. The van der Waals surface area contributed by atoms with E-state index in [4.69, 9.17) is 39.6 Å². The van der Waals surface area contributed by atoms with Crippen LogP contribution in [0.3, 0.4) is 0 Å². The van der Waals surface area contributed by atoms with Crippen molar-refractivity contribution in [3.8, 4) is 0 Å². The van der Waals surface area contributed by atoms with E-state index < -0.39 is 11.0 Å². The summed E-state index contributed by atoms with van der Waals surface area (Å²) in [5.74, 6) is 2.41. The van der Waals surface area contributed by atoms with Crippen molar-refractivity contribution >= 4 is 69.0 Å². The predicted octanol–water partition coefficient (Wildman–Crippen LogP) is 7.09. The molecule has 35 heavy (non-hydrogen) atoms. The Hall–Kier alpha value is -2.06. The van der Waals surface area contributed by atoms with Crippen LogP contribution >= 0.6 is 46.6 Å². The Balaban J connectivity index is 1.50. The summed E-state index contributed by atoms with van der Waals surface area (Å²) in [6.07, 6.45) is -0.324. The normalized spacial score (nSPS) is 20.3. The molecule has 182 valence electrons. The predicted molar refractivity (Wildman–Crippen MR) is 138 cm³/mol. The average Bonchev–Trinajstić information content (AvgIpc) is 3.23. The maximum absolute atomic E-state index is 14.8. The summed E-state index contributed by atoms with van der Waals surface area (Å²) in [5, 5.41) is 4.94. The number of hydrogen-bond acceptors (Lipinski definition) is 4. The maximum atomic E-state index is 14.8. The zero-order chi connectivity index (χ0) is 24.8. The van der Waals surface area contributed by atoms with Crippen molar-refractivity contribution in [3.05, 3.63) is 81.3 Å². The second kappa shape index (κ2) is 9.43. The van der Waals surface area contributed by atoms with Crippen LogP contribution in [-0.4, -0.2) is 35.1 Å². The van der Waals surface area contributed by atoms with E-state index in [0.717, 1.165) is 11.5 Å². The van der Waals surface area contributed by atoms with Crippen molar-refractivity contribution in [2.24, 2.45) is 11.1 Å². The summed E-state index contributed by atoms with van der Waals surface area (Å²) in [6, 6.07) is 14.8. The molecule has 2 aliphatic heterocycles. The van der Waals surface area contributed by atoms with E-state index in [0.29, 0.717) is 34.4 Å².